The molecule has 0 bridgehead atoms. The molecule has 1 aliphatic rings. The molecule has 1 aromatic carbocycles. The van der Waals surface area contributed by atoms with Crippen molar-refractivity contribution >= 4 is 18.3 Å². The second-order valence-electron chi connectivity index (χ2n) is 10.4. The molecule has 0 radical (unpaired) electrons. The Hall–Kier alpha value is -2.50. The molecule has 2 amide bonds. The van der Waals surface area contributed by atoms with Gasteiger partial charge in [-0.15, -0.1) is 0 Å². The van der Waals surface area contributed by atoms with Crippen molar-refractivity contribution in [3.63, 3.8) is 0 Å². The molecule has 0 aliphatic carbocycles. The summed E-state index contributed by atoms with van der Waals surface area (Å²) in [5.74, 6) is 0. The summed E-state index contributed by atoms with van der Waals surface area (Å²) in [6.45, 7) is 24.2. The Morgan fingerprint density at radius 3 is 2.24 bits per heavy atom. The fourth-order valence-electron chi connectivity index (χ4n) is 4.10. The molecule has 2 atom stereocenters. The predicted octanol–water partition coefficient (Wildman–Crippen LogP) is 7.23. The summed E-state index contributed by atoms with van der Waals surface area (Å²) >= 11 is 0. The molecular formula is C28H46N2O4. The van der Waals surface area contributed by atoms with Crippen LogP contribution in [0.3, 0.4) is 0 Å². The minimum absolute atomic E-state index is 0.171. The van der Waals surface area contributed by atoms with E-state index in [0.29, 0.717) is 19.5 Å². The lowest BCUT2D eigenvalue weighted by Crippen LogP contribution is -2.46. The van der Waals surface area contributed by atoms with Crippen molar-refractivity contribution < 1.29 is 19.1 Å². The van der Waals surface area contributed by atoms with Crippen LogP contribution in [0.15, 0.2) is 24.8 Å². The van der Waals surface area contributed by atoms with E-state index in [4.69, 9.17) is 9.47 Å². The summed E-state index contributed by atoms with van der Waals surface area (Å²) < 4.78 is 11.3. The molecule has 34 heavy (non-hydrogen) atoms. The summed E-state index contributed by atoms with van der Waals surface area (Å²) in [6.07, 6.45) is 2.68. The van der Waals surface area contributed by atoms with Gasteiger partial charge in [0.1, 0.15) is 11.2 Å². The van der Waals surface area contributed by atoms with Crippen LogP contribution in [0.25, 0.3) is 6.08 Å². The molecule has 6 nitrogen and oxygen atoms in total. The smallest absolute Gasteiger partial charge is 0.411 e. The van der Waals surface area contributed by atoms with Gasteiger partial charge in [0.15, 0.2) is 0 Å². The Labute approximate surface area is 207 Å². The van der Waals surface area contributed by atoms with Gasteiger partial charge >= 0.3 is 12.2 Å². The highest BCUT2D eigenvalue weighted by Crippen LogP contribution is 2.33. The second kappa shape index (κ2) is 12.3. The molecule has 1 saturated heterocycles. The molecule has 192 valence electrons. The van der Waals surface area contributed by atoms with E-state index in [1.807, 2.05) is 80.5 Å². The van der Waals surface area contributed by atoms with Gasteiger partial charge in [0.05, 0.1) is 12.1 Å². The van der Waals surface area contributed by atoms with Gasteiger partial charge in [-0.2, -0.15) is 0 Å². The first-order chi connectivity index (χ1) is 15.8. The number of benzene rings is 1. The van der Waals surface area contributed by atoms with Crippen molar-refractivity contribution in [3.8, 4) is 0 Å². The van der Waals surface area contributed by atoms with Gasteiger partial charge in [-0.05, 0) is 78.0 Å². The summed E-state index contributed by atoms with van der Waals surface area (Å²) in [5.41, 5.74) is 2.09. The van der Waals surface area contributed by atoms with E-state index in [9.17, 15) is 9.59 Å². The third-order valence-electron chi connectivity index (χ3n) is 5.50. The van der Waals surface area contributed by atoms with Crippen LogP contribution in [0.5, 0.6) is 0 Å². The lowest BCUT2D eigenvalue weighted by Gasteiger charge is -2.37. The largest absolute Gasteiger partial charge is 0.444 e. The number of carbonyl (C=O) groups is 2. The number of carbonyl (C=O) groups excluding carboxylic acids is 2. The summed E-state index contributed by atoms with van der Waals surface area (Å²) in [7, 11) is 0. The van der Waals surface area contributed by atoms with Gasteiger partial charge in [0, 0.05) is 13.1 Å². The predicted molar refractivity (Wildman–Crippen MR) is 140 cm³/mol. The van der Waals surface area contributed by atoms with E-state index in [2.05, 4.69) is 19.6 Å². The summed E-state index contributed by atoms with van der Waals surface area (Å²) in [6, 6.07) is 5.74. The highest BCUT2D eigenvalue weighted by atomic mass is 16.6. The molecule has 0 N–H and O–H groups in total. The van der Waals surface area contributed by atoms with E-state index in [0.717, 1.165) is 17.5 Å². The molecule has 1 aromatic rings. The fourth-order valence-corrected chi connectivity index (χ4v) is 4.10. The zero-order valence-corrected chi connectivity index (χ0v) is 23.0. The number of amides is 2. The Bertz CT molecular complexity index is 836. The highest BCUT2D eigenvalue weighted by molar-refractivity contribution is 5.72. The zero-order chi connectivity index (χ0) is 26.3. The van der Waals surface area contributed by atoms with Crippen molar-refractivity contribution in [2.24, 2.45) is 0 Å². The first-order valence-corrected chi connectivity index (χ1v) is 12.5. The Kier molecular flexibility index (Phi) is 10.7. The minimum atomic E-state index is -0.620. The van der Waals surface area contributed by atoms with Crippen molar-refractivity contribution in [1.82, 2.24) is 9.80 Å². The van der Waals surface area contributed by atoms with Crippen LogP contribution in [0.4, 0.5) is 9.59 Å². The van der Waals surface area contributed by atoms with Crippen LogP contribution >= 0.6 is 0 Å². The van der Waals surface area contributed by atoms with E-state index in [1.54, 1.807) is 9.80 Å². The molecule has 0 saturated carbocycles. The molecule has 6 heteroatoms. The first kappa shape index (κ1) is 29.5. The van der Waals surface area contributed by atoms with Gasteiger partial charge < -0.3 is 14.4 Å². The number of likely N-dealkylation sites (tertiary alicyclic amines) is 1. The Balaban J connectivity index is 0.00000281. The van der Waals surface area contributed by atoms with Crippen molar-refractivity contribution in [3.05, 3.63) is 41.5 Å². The molecule has 2 rings (SSSR count). The number of ether oxygens (including phenoxy) is 2. The minimum Gasteiger partial charge on any atom is -0.444 e. The number of aryl methyl sites for hydroxylation is 1. The quantitative estimate of drug-likeness (QED) is 0.452. The van der Waals surface area contributed by atoms with Crippen molar-refractivity contribution in [2.45, 2.75) is 105 Å². The fraction of sp³-hybridized carbons (Fsp3) is 0.643. The molecule has 0 aromatic heterocycles. The van der Waals surface area contributed by atoms with Gasteiger partial charge in [-0.3, -0.25) is 4.90 Å². The third-order valence-corrected chi connectivity index (χ3v) is 5.50. The average molecular weight is 475 g/mol. The monoisotopic (exact) mass is 474 g/mol. The van der Waals surface area contributed by atoms with Crippen LogP contribution in [-0.4, -0.2) is 52.3 Å². The van der Waals surface area contributed by atoms with Crippen LogP contribution in [-0.2, 0) is 15.9 Å². The van der Waals surface area contributed by atoms with Gasteiger partial charge in [0.2, 0.25) is 0 Å². The standard InChI is InChI=1S/C26H40N2O4.C2H6/c1-10-19-13-12-14-22(21(19)11-2)18(3)28(24(30)32-26(7,8)9)20-15-16-27(17-20)23(29)31-25(4,5)6;1-2/h11-14,18,20H,2,10,15-17H2,1,3-9H3;1-2H3/t18-,20+;/m1./s1. The van der Waals surface area contributed by atoms with Crippen LogP contribution < -0.4 is 0 Å². The maximum atomic E-state index is 13.4. The number of rotatable bonds is 5. The topological polar surface area (TPSA) is 59.1 Å². The molecule has 1 aliphatic heterocycles. The van der Waals surface area contributed by atoms with Crippen molar-refractivity contribution in [2.75, 3.05) is 13.1 Å². The third kappa shape index (κ3) is 8.07. The summed E-state index contributed by atoms with van der Waals surface area (Å²) in [4.78, 5) is 29.4. The van der Waals surface area contributed by atoms with Crippen LogP contribution in [0.2, 0.25) is 0 Å². The Morgan fingerprint density at radius 2 is 1.74 bits per heavy atom. The van der Waals surface area contributed by atoms with E-state index in [-0.39, 0.29) is 24.3 Å². The molecule has 0 spiro atoms. The maximum Gasteiger partial charge on any atom is 0.411 e. The van der Waals surface area contributed by atoms with E-state index < -0.39 is 11.2 Å². The van der Waals surface area contributed by atoms with E-state index >= 15 is 0 Å². The lowest BCUT2D eigenvalue weighted by molar-refractivity contribution is 0.00462. The number of hydrogen-bond acceptors (Lipinski definition) is 4. The summed E-state index contributed by atoms with van der Waals surface area (Å²) in [5, 5.41) is 0. The van der Waals surface area contributed by atoms with E-state index in [1.165, 1.54) is 5.56 Å². The number of hydrogen-bond donors (Lipinski definition) is 0. The molecule has 1 heterocycles. The SMILES string of the molecule is C=Cc1c(CC)cccc1[C@@H](C)N(C(=O)OC(C)(C)C)[C@H]1CCN(C(=O)OC(C)(C)C)C1.CC. The van der Waals surface area contributed by atoms with Crippen LogP contribution in [0.1, 0.15) is 98.4 Å². The number of nitrogens with zero attached hydrogens (tertiary/aromatic N) is 2. The van der Waals surface area contributed by atoms with Gasteiger partial charge in [0.25, 0.3) is 0 Å². The Morgan fingerprint density at radius 1 is 1.15 bits per heavy atom. The molecule has 1 fully saturated rings. The lowest BCUT2D eigenvalue weighted by atomic mass is 9.93. The highest BCUT2D eigenvalue weighted by Gasteiger charge is 2.39. The normalized spacial score (nSPS) is 16.8. The van der Waals surface area contributed by atoms with Crippen molar-refractivity contribution in [1.29, 1.82) is 0 Å². The molecule has 0 unspecified atom stereocenters. The van der Waals surface area contributed by atoms with Gasteiger partial charge in [-0.1, -0.05) is 51.6 Å². The average Bonchev–Trinajstić information content (AvgIpc) is 3.21. The first-order valence-electron chi connectivity index (χ1n) is 12.5. The molecular weight excluding hydrogens is 428 g/mol. The van der Waals surface area contributed by atoms with Crippen LogP contribution in [0, 0.1) is 0 Å². The second-order valence-corrected chi connectivity index (χ2v) is 10.4. The van der Waals surface area contributed by atoms with Gasteiger partial charge in [-0.25, -0.2) is 9.59 Å². The zero-order valence-electron chi connectivity index (χ0n) is 23.0. The maximum absolute atomic E-state index is 13.4.